The molecule has 19 heavy (non-hydrogen) atoms. The average molecular weight is 333 g/mol. The summed E-state index contributed by atoms with van der Waals surface area (Å²) in [6, 6.07) is 3.86. The molecule has 3 N–H and O–H groups in total. The Balaban J connectivity index is 3.15. The lowest BCUT2D eigenvalue weighted by atomic mass is 10.0. The first kappa shape index (κ1) is 15.5. The Morgan fingerprint density at radius 2 is 2.16 bits per heavy atom. The van der Waals surface area contributed by atoms with Crippen molar-refractivity contribution in [3.63, 3.8) is 0 Å². The molecular formula is C11H13BrN2O5. The molecule has 1 rings (SSSR count). The van der Waals surface area contributed by atoms with E-state index in [1.807, 2.05) is 0 Å². The summed E-state index contributed by atoms with van der Waals surface area (Å²) < 4.78 is 0. The van der Waals surface area contributed by atoms with E-state index >= 15 is 0 Å². The molecule has 0 saturated heterocycles. The van der Waals surface area contributed by atoms with Gasteiger partial charge in [-0.15, -0.1) is 0 Å². The first-order chi connectivity index (χ1) is 8.86. The first-order valence-electron chi connectivity index (χ1n) is 5.34. The van der Waals surface area contributed by atoms with Crippen LogP contribution in [0.15, 0.2) is 18.2 Å². The van der Waals surface area contributed by atoms with Gasteiger partial charge < -0.3 is 15.5 Å². The van der Waals surface area contributed by atoms with Crippen LogP contribution >= 0.6 is 15.9 Å². The third-order valence-electron chi connectivity index (χ3n) is 2.39. The van der Waals surface area contributed by atoms with Crippen molar-refractivity contribution in [1.29, 1.82) is 0 Å². The quantitative estimate of drug-likeness (QED) is 0.428. The van der Waals surface area contributed by atoms with E-state index in [4.69, 9.17) is 0 Å². The van der Waals surface area contributed by atoms with Crippen LogP contribution in [0.3, 0.4) is 0 Å². The normalized spacial score (nSPS) is 13.7. The second kappa shape index (κ2) is 6.60. The summed E-state index contributed by atoms with van der Waals surface area (Å²) in [7, 11) is 0. The summed E-state index contributed by atoms with van der Waals surface area (Å²) in [5.74, 6) is -0.433. The molecule has 1 aromatic carbocycles. The van der Waals surface area contributed by atoms with Crippen LogP contribution in [0, 0.1) is 10.1 Å². The molecule has 2 atom stereocenters. The van der Waals surface area contributed by atoms with Gasteiger partial charge in [-0.3, -0.25) is 14.9 Å². The maximum atomic E-state index is 10.9. The van der Waals surface area contributed by atoms with Gasteiger partial charge in [0.25, 0.3) is 5.69 Å². The molecule has 0 radical (unpaired) electrons. The molecule has 0 fully saturated rings. The second-order valence-electron chi connectivity index (χ2n) is 3.88. The summed E-state index contributed by atoms with van der Waals surface area (Å²) in [4.78, 5) is 21.2. The number of nitro groups is 1. The number of halogens is 1. The van der Waals surface area contributed by atoms with E-state index in [2.05, 4.69) is 21.2 Å². The summed E-state index contributed by atoms with van der Waals surface area (Å²) in [6.45, 7) is 1.24. The number of carbonyl (C=O) groups is 1. The molecule has 0 aromatic heterocycles. The maximum absolute atomic E-state index is 10.9. The van der Waals surface area contributed by atoms with Gasteiger partial charge >= 0.3 is 0 Å². The van der Waals surface area contributed by atoms with Crippen molar-refractivity contribution in [2.45, 2.75) is 19.1 Å². The van der Waals surface area contributed by atoms with Crippen LogP contribution in [0.5, 0.6) is 0 Å². The van der Waals surface area contributed by atoms with Crippen LogP contribution < -0.4 is 5.32 Å². The van der Waals surface area contributed by atoms with E-state index in [0.29, 0.717) is 0 Å². The van der Waals surface area contributed by atoms with E-state index in [1.165, 1.54) is 19.1 Å². The standard InChI is InChI=1S/C11H13BrN2O5/c1-6(15)13-8-3-2-7(4-9(8)14(18)19)11(17)10(16)5-12/h2-4,10-11,16-17H,5H2,1H3,(H,13,15). The minimum absolute atomic E-state index is 0.0433. The van der Waals surface area contributed by atoms with E-state index in [9.17, 15) is 25.1 Å². The van der Waals surface area contributed by atoms with Gasteiger partial charge in [-0.2, -0.15) is 0 Å². The Kier molecular flexibility index (Phi) is 5.40. The number of anilines is 1. The number of nitro benzene ring substituents is 1. The van der Waals surface area contributed by atoms with Crippen molar-refractivity contribution in [2.75, 3.05) is 10.6 Å². The second-order valence-corrected chi connectivity index (χ2v) is 4.53. The minimum atomic E-state index is -1.25. The summed E-state index contributed by atoms with van der Waals surface area (Å²) >= 11 is 3.01. The van der Waals surface area contributed by atoms with Crippen LogP contribution in [0.4, 0.5) is 11.4 Å². The minimum Gasteiger partial charge on any atom is -0.389 e. The van der Waals surface area contributed by atoms with E-state index in [-0.39, 0.29) is 22.3 Å². The van der Waals surface area contributed by atoms with Crippen molar-refractivity contribution < 1.29 is 19.9 Å². The highest BCUT2D eigenvalue weighted by atomic mass is 79.9. The number of rotatable bonds is 5. The van der Waals surface area contributed by atoms with Crippen LogP contribution in [-0.4, -0.2) is 32.5 Å². The molecule has 104 valence electrons. The maximum Gasteiger partial charge on any atom is 0.293 e. The lowest BCUT2D eigenvalue weighted by Gasteiger charge is -2.16. The molecule has 0 aliphatic heterocycles. The van der Waals surface area contributed by atoms with Gasteiger partial charge in [0.15, 0.2) is 0 Å². The van der Waals surface area contributed by atoms with E-state index in [1.54, 1.807) is 0 Å². The highest BCUT2D eigenvalue weighted by molar-refractivity contribution is 9.09. The summed E-state index contributed by atoms with van der Waals surface area (Å²) in [5, 5.41) is 32.6. The zero-order valence-corrected chi connectivity index (χ0v) is 11.6. The third kappa shape index (κ3) is 3.98. The SMILES string of the molecule is CC(=O)Nc1ccc(C(O)C(O)CBr)cc1[N+](=O)[O-]. The van der Waals surface area contributed by atoms with Crippen molar-refractivity contribution in [3.8, 4) is 0 Å². The molecule has 1 amide bonds. The number of nitrogens with one attached hydrogen (secondary N) is 1. The molecule has 0 aliphatic rings. The Bertz CT molecular complexity index is 494. The Hall–Kier alpha value is -1.51. The van der Waals surface area contributed by atoms with Crippen LogP contribution in [0.25, 0.3) is 0 Å². The zero-order valence-electron chi connectivity index (χ0n) is 10.0. The lowest BCUT2D eigenvalue weighted by molar-refractivity contribution is -0.384. The highest BCUT2D eigenvalue weighted by Gasteiger charge is 2.22. The number of aliphatic hydroxyl groups excluding tert-OH is 2. The third-order valence-corrected chi connectivity index (χ3v) is 3.06. The Morgan fingerprint density at radius 3 is 2.63 bits per heavy atom. The van der Waals surface area contributed by atoms with Gasteiger partial charge in [-0.25, -0.2) is 0 Å². The zero-order chi connectivity index (χ0) is 14.6. The largest absolute Gasteiger partial charge is 0.389 e. The molecular weight excluding hydrogens is 320 g/mol. The van der Waals surface area contributed by atoms with E-state index in [0.717, 1.165) is 6.07 Å². The van der Waals surface area contributed by atoms with Crippen molar-refractivity contribution in [2.24, 2.45) is 0 Å². The van der Waals surface area contributed by atoms with Crippen molar-refractivity contribution in [3.05, 3.63) is 33.9 Å². The molecule has 8 heteroatoms. The van der Waals surface area contributed by atoms with Gasteiger partial charge in [0.2, 0.25) is 5.91 Å². The molecule has 0 heterocycles. The number of aliphatic hydroxyl groups is 2. The van der Waals surface area contributed by atoms with Crippen LogP contribution in [0.2, 0.25) is 0 Å². The number of alkyl halides is 1. The average Bonchev–Trinajstić information content (AvgIpc) is 2.36. The van der Waals surface area contributed by atoms with Crippen molar-refractivity contribution >= 4 is 33.2 Å². The Morgan fingerprint density at radius 1 is 1.53 bits per heavy atom. The van der Waals surface area contributed by atoms with E-state index < -0.39 is 23.0 Å². The van der Waals surface area contributed by atoms with Crippen molar-refractivity contribution in [1.82, 2.24) is 0 Å². The fourth-order valence-electron chi connectivity index (χ4n) is 1.49. The highest BCUT2D eigenvalue weighted by Crippen LogP contribution is 2.29. The van der Waals surface area contributed by atoms with Crippen LogP contribution in [-0.2, 0) is 4.79 Å². The molecule has 0 spiro atoms. The fraction of sp³-hybridized carbons (Fsp3) is 0.364. The molecule has 7 nitrogen and oxygen atoms in total. The first-order valence-corrected chi connectivity index (χ1v) is 6.47. The number of nitrogens with zero attached hydrogens (tertiary/aromatic N) is 1. The smallest absolute Gasteiger partial charge is 0.293 e. The number of hydrogen-bond donors (Lipinski definition) is 3. The van der Waals surface area contributed by atoms with Gasteiger partial charge in [0.1, 0.15) is 11.8 Å². The molecule has 1 aromatic rings. The van der Waals surface area contributed by atoms with Gasteiger partial charge in [-0.1, -0.05) is 22.0 Å². The predicted octanol–water partition coefficient (Wildman–Crippen LogP) is 1.34. The summed E-state index contributed by atoms with van der Waals surface area (Å²) in [5.41, 5.74) is -0.0944. The lowest BCUT2D eigenvalue weighted by Crippen LogP contribution is -2.19. The summed E-state index contributed by atoms with van der Waals surface area (Å²) in [6.07, 6.45) is -2.32. The molecule has 0 saturated carbocycles. The monoisotopic (exact) mass is 332 g/mol. The number of carbonyl (C=O) groups excluding carboxylic acids is 1. The molecule has 0 aliphatic carbocycles. The number of benzene rings is 1. The van der Waals surface area contributed by atoms with Crippen LogP contribution in [0.1, 0.15) is 18.6 Å². The molecule has 2 unspecified atom stereocenters. The molecule has 0 bridgehead atoms. The number of hydrogen-bond acceptors (Lipinski definition) is 5. The van der Waals surface area contributed by atoms with Gasteiger partial charge in [0.05, 0.1) is 11.0 Å². The topological polar surface area (TPSA) is 113 Å². The fourth-order valence-corrected chi connectivity index (χ4v) is 1.84. The predicted molar refractivity (Wildman–Crippen MR) is 72.2 cm³/mol. The Labute approximate surface area is 117 Å². The van der Waals surface area contributed by atoms with Gasteiger partial charge in [-0.05, 0) is 11.6 Å². The number of amides is 1. The van der Waals surface area contributed by atoms with Gasteiger partial charge in [0, 0.05) is 18.3 Å².